The molecule has 7 aromatic rings. The molecule has 0 unspecified atom stereocenters. The second kappa shape index (κ2) is 19.2. The van der Waals surface area contributed by atoms with Gasteiger partial charge < -0.3 is 0 Å². The third-order valence-electron chi connectivity index (χ3n) is 8.79. The first-order valence-electron chi connectivity index (χ1n) is 17.4. The highest BCUT2D eigenvalue weighted by Crippen LogP contribution is 2.16. The lowest BCUT2D eigenvalue weighted by Crippen LogP contribution is -2.74. The molecule has 254 valence electrons. The highest BCUT2D eigenvalue weighted by molar-refractivity contribution is 7.11. The number of benzene rings is 6. The van der Waals surface area contributed by atoms with E-state index in [0.29, 0.717) is 35.9 Å². The summed E-state index contributed by atoms with van der Waals surface area (Å²) in [4.78, 5) is 10.2. The third-order valence-corrected chi connectivity index (χ3v) is 8.79. The standard InChI is InChI=1S/C24H18B2.C9H6N2.C8H7N.C6H4N2/c1-3-11-19(12-4-1)25-21-15-7-9-17-23(21)26(20-13-5-2-6-14-20)24-18-10-8-16-22(24)25;1-7-3-8(6-10)5-9(4-7)11-2;1-7-3-5-8(9-2)6-4-7;7-5-6-1-3-8-4-2-6/h1-18H;3-5H,1H3;3-6H,1H3;1-4H. The minimum atomic E-state index is 0.295. The van der Waals surface area contributed by atoms with Crippen LogP contribution in [0, 0.1) is 49.7 Å². The maximum absolute atomic E-state index is 8.53. The average molecular weight is 691 g/mol. The molecular formula is C47H35B2N5. The van der Waals surface area contributed by atoms with Crippen LogP contribution in [0.3, 0.4) is 0 Å². The predicted molar refractivity (Wildman–Crippen MR) is 224 cm³/mol. The van der Waals surface area contributed by atoms with Gasteiger partial charge in [0.1, 0.15) is 0 Å². The summed E-state index contributed by atoms with van der Waals surface area (Å²) in [5.41, 5.74) is 13.0. The molecule has 6 aromatic carbocycles. The van der Waals surface area contributed by atoms with Crippen molar-refractivity contribution in [3.8, 4) is 12.1 Å². The van der Waals surface area contributed by atoms with Crippen LogP contribution in [0.2, 0.25) is 0 Å². The Morgan fingerprint density at radius 3 is 1.28 bits per heavy atom. The predicted octanol–water partition coefficient (Wildman–Crippen LogP) is 6.95. The Morgan fingerprint density at radius 1 is 0.463 bits per heavy atom. The quantitative estimate of drug-likeness (QED) is 0.146. The van der Waals surface area contributed by atoms with Gasteiger partial charge in [0.15, 0.2) is 11.4 Å². The van der Waals surface area contributed by atoms with Crippen molar-refractivity contribution in [2.24, 2.45) is 0 Å². The van der Waals surface area contributed by atoms with E-state index < -0.39 is 0 Å². The second-order valence-corrected chi connectivity index (χ2v) is 12.5. The molecule has 54 heavy (non-hydrogen) atoms. The highest BCUT2D eigenvalue weighted by Gasteiger charge is 2.37. The molecule has 0 aliphatic carbocycles. The first-order valence-corrected chi connectivity index (χ1v) is 17.4. The van der Waals surface area contributed by atoms with Crippen LogP contribution >= 0.6 is 0 Å². The van der Waals surface area contributed by atoms with Gasteiger partial charge >= 0.3 is 0 Å². The Labute approximate surface area is 319 Å². The molecule has 0 atom stereocenters. The number of nitrogens with zero attached hydrogens (tertiary/aromatic N) is 5. The van der Waals surface area contributed by atoms with E-state index in [1.165, 1.54) is 38.3 Å². The molecule has 0 N–H and O–H groups in total. The molecule has 7 heteroatoms. The van der Waals surface area contributed by atoms with Crippen LogP contribution in [-0.4, -0.2) is 18.4 Å². The summed E-state index contributed by atoms with van der Waals surface area (Å²) in [6, 6.07) is 59.6. The van der Waals surface area contributed by atoms with Crippen molar-refractivity contribution in [2.45, 2.75) is 13.8 Å². The first kappa shape index (κ1) is 37.8. The number of hydrogen-bond acceptors (Lipinski definition) is 3. The van der Waals surface area contributed by atoms with E-state index in [1.54, 1.807) is 42.7 Å². The van der Waals surface area contributed by atoms with Gasteiger partial charge in [0.2, 0.25) is 13.4 Å². The summed E-state index contributed by atoms with van der Waals surface area (Å²) in [7, 11) is 0. The van der Waals surface area contributed by atoms with Gasteiger partial charge in [-0.2, -0.15) is 10.5 Å². The van der Waals surface area contributed by atoms with Crippen molar-refractivity contribution in [1.29, 1.82) is 10.5 Å². The third kappa shape index (κ3) is 9.87. The largest absolute Gasteiger partial charge is 0.265 e. The maximum Gasteiger partial charge on any atom is 0.240 e. The Kier molecular flexibility index (Phi) is 13.5. The number of pyridine rings is 1. The van der Waals surface area contributed by atoms with Crippen LogP contribution in [-0.2, 0) is 0 Å². The van der Waals surface area contributed by atoms with Crippen LogP contribution in [0.4, 0.5) is 11.4 Å². The SMILES string of the molecule is N#Cc1ccncc1.[C-]#[N+]c1cc(C)cc(C#N)c1.[C-]#[N+]c1ccc(C)cc1.c1ccc(B2c3ccccc3B(c3ccccc3)c3ccccc32)cc1. The van der Waals surface area contributed by atoms with Crippen LogP contribution in [0.5, 0.6) is 0 Å². The van der Waals surface area contributed by atoms with Gasteiger partial charge in [0.05, 0.1) is 30.8 Å². The van der Waals surface area contributed by atoms with E-state index in [1.807, 2.05) is 50.3 Å². The lowest BCUT2D eigenvalue weighted by Gasteiger charge is -2.31. The van der Waals surface area contributed by atoms with Crippen LogP contribution in [0.15, 0.2) is 176 Å². The first-order chi connectivity index (χ1) is 26.4. The molecule has 1 aliphatic heterocycles. The van der Waals surface area contributed by atoms with E-state index in [-0.39, 0.29) is 0 Å². The number of fused-ring (bicyclic) bond motifs is 2. The number of aryl methyl sites for hydroxylation is 2. The van der Waals surface area contributed by atoms with Crippen LogP contribution in [0.25, 0.3) is 9.69 Å². The van der Waals surface area contributed by atoms with Crippen molar-refractivity contribution in [3.05, 3.63) is 221 Å². The van der Waals surface area contributed by atoms with Crippen molar-refractivity contribution in [1.82, 2.24) is 4.98 Å². The number of hydrogen-bond donors (Lipinski definition) is 0. The molecular weight excluding hydrogens is 656 g/mol. The van der Waals surface area contributed by atoms with Crippen LogP contribution < -0.4 is 32.8 Å². The summed E-state index contributed by atoms with van der Waals surface area (Å²) in [5.74, 6) is 0. The maximum atomic E-state index is 8.53. The second-order valence-electron chi connectivity index (χ2n) is 12.5. The van der Waals surface area contributed by atoms with Crippen molar-refractivity contribution in [2.75, 3.05) is 0 Å². The monoisotopic (exact) mass is 691 g/mol. The minimum absolute atomic E-state index is 0.295. The Morgan fingerprint density at radius 2 is 0.889 bits per heavy atom. The topological polar surface area (TPSA) is 69.2 Å². The van der Waals surface area contributed by atoms with Gasteiger partial charge in [-0.25, -0.2) is 9.69 Å². The summed E-state index contributed by atoms with van der Waals surface area (Å²) in [5, 5.41) is 16.8. The molecule has 8 rings (SSSR count). The molecule has 1 aromatic heterocycles. The van der Waals surface area contributed by atoms with E-state index in [4.69, 9.17) is 23.7 Å². The summed E-state index contributed by atoms with van der Waals surface area (Å²) >= 11 is 0. The zero-order valence-electron chi connectivity index (χ0n) is 30.1. The van der Waals surface area contributed by atoms with E-state index in [0.717, 1.165) is 5.56 Å². The van der Waals surface area contributed by atoms with Crippen molar-refractivity contribution < 1.29 is 0 Å². The molecule has 2 heterocycles. The van der Waals surface area contributed by atoms with Gasteiger partial charge in [-0.15, -0.1) is 0 Å². The fraction of sp³-hybridized carbons (Fsp3) is 0.0426. The molecule has 1 aliphatic rings. The Balaban J connectivity index is 0.000000164. The number of rotatable bonds is 2. The average Bonchev–Trinajstić information content (AvgIpc) is 3.24. The fourth-order valence-electron chi connectivity index (χ4n) is 6.36. The molecule has 0 radical (unpaired) electrons. The molecule has 5 nitrogen and oxygen atoms in total. The van der Waals surface area contributed by atoms with E-state index in [9.17, 15) is 0 Å². The zero-order valence-corrected chi connectivity index (χ0v) is 30.1. The number of aromatic nitrogens is 1. The summed E-state index contributed by atoms with van der Waals surface area (Å²) < 4.78 is 0. The van der Waals surface area contributed by atoms with E-state index >= 15 is 0 Å². The van der Waals surface area contributed by atoms with Gasteiger partial charge in [-0.1, -0.05) is 183 Å². The molecule has 0 fully saturated rings. The fourth-order valence-corrected chi connectivity index (χ4v) is 6.36. The molecule has 0 saturated carbocycles. The Bertz CT molecular complexity index is 2290. The van der Waals surface area contributed by atoms with Gasteiger partial charge in [0.25, 0.3) is 0 Å². The summed E-state index contributed by atoms with van der Waals surface area (Å²) in [6.07, 6.45) is 3.19. The Hall–Kier alpha value is -7.44. The summed E-state index contributed by atoms with van der Waals surface area (Å²) in [6.45, 7) is 17.8. The molecule has 0 amide bonds. The minimum Gasteiger partial charge on any atom is -0.265 e. The van der Waals surface area contributed by atoms with E-state index in [2.05, 4.69) is 124 Å². The number of nitriles is 2. The van der Waals surface area contributed by atoms with Crippen molar-refractivity contribution >= 4 is 57.6 Å². The highest BCUT2D eigenvalue weighted by atomic mass is 14.6. The van der Waals surface area contributed by atoms with Gasteiger partial charge in [0, 0.05) is 18.0 Å². The zero-order chi connectivity index (χ0) is 38.1. The smallest absolute Gasteiger partial charge is 0.240 e. The lowest BCUT2D eigenvalue weighted by atomic mass is 9.21. The van der Waals surface area contributed by atoms with Crippen LogP contribution in [0.1, 0.15) is 22.3 Å². The van der Waals surface area contributed by atoms with Crippen molar-refractivity contribution in [3.63, 3.8) is 0 Å². The molecule has 0 saturated heterocycles. The molecule has 0 bridgehead atoms. The molecule has 0 spiro atoms. The van der Waals surface area contributed by atoms with Gasteiger partial charge in [-0.3, -0.25) is 4.98 Å². The normalized spacial score (nSPS) is 10.3. The van der Waals surface area contributed by atoms with Gasteiger partial charge in [-0.05, 0) is 38.1 Å². The lowest BCUT2D eigenvalue weighted by molar-refractivity contribution is 1.31.